The number of nitrogens with zero attached hydrogens (tertiary/aromatic N) is 1. The number of fused-ring (bicyclic) bond motifs is 1. The lowest BCUT2D eigenvalue weighted by atomic mass is 9.97. The van der Waals surface area contributed by atoms with E-state index in [9.17, 15) is 4.79 Å². The van der Waals surface area contributed by atoms with Gasteiger partial charge in [-0.15, -0.1) is 0 Å². The molecule has 0 aliphatic carbocycles. The molecule has 2 aromatic rings. The third kappa shape index (κ3) is 2.54. The standard InChI is InChI=1S/C16H16ClN3O/c17-11-4-5-15(13(8-11)16(19)21)20-7-6-12-10(9-20)2-1-3-14(12)18/h1-5,8H,6-7,9,18H2,(H2,19,21). The summed E-state index contributed by atoms with van der Waals surface area (Å²) >= 11 is 5.96. The molecule has 5 heteroatoms. The van der Waals surface area contributed by atoms with Gasteiger partial charge < -0.3 is 16.4 Å². The van der Waals surface area contributed by atoms with Crippen LogP contribution in [0, 0.1) is 0 Å². The Morgan fingerprint density at radius 1 is 1.24 bits per heavy atom. The number of benzene rings is 2. The molecule has 1 heterocycles. The Morgan fingerprint density at radius 2 is 2.05 bits per heavy atom. The number of carbonyl (C=O) groups is 1. The van der Waals surface area contributed by atoms with Gasteiger partial charge in [-0.05, 0) is 41.8 Å². The Labute approximate surface area is 128 Å². The van der Waals surface area contributed by atoms with Crippen LogP contribution in [-0.4, -0.2) is 12.5 Å². The lowest BCUT2D eigenvalue weighted by molar-refractivity contribution is 0.100. The fraction of sp³-hybridized carbons (Fsp3) is 0.188. The monoisotopic (exact) mass is 301 g/mol. The Kier molecular flexibility index (Phi) is 3.47. The summed E-state index contributed by atoms with van der Waals surface area (Å²) in [6, 6.07) is 11.2. The van der Waals surface area contributed by atoms with Crippen molar-refractivity contribution in [2.75, 3.05) is 17.2 Å². The first-order valence-corrected chi connectivity index (χ1v) is 7.14. The molecule has 0 saturated carbocycles. The minimum absolute atomic E-state index is 0.454. The molecule has 0 spiro atoms. The maximum atomic E-state index is 11.6. The summed E-state index contributed by atoms with van der Waals surface area (Å²) in [4.78, 5) is 13.8. The molecule has 0 radical (unpaired) electrons. The molecule has 0 unspecified atom stereocenters. The SMILES string of the molecule is NC(=O)c1cc(Cl)ccc1N1CCc2c(N)cccc2C1. The molecule has 1 aliphatic heterocycles. The van der Waals surface area contributed by atoms with Crippen LogP contribution in [0.5, 0.6) is 0 Å². The van der Waals surface area contributed by atoms with Crippen molar-refractivity contribution >= 4 is 28.9 Å². The Morgan fingerprint density at radius 3 is 2.81 bits per heavy atom. The van der Waals surface area contributed by atoms with Crippen LogP contribution in [-0.2, 0) is 13.0 Å². The molecule has 4 N–H and O–H groups in total. The molecular formula is C16H16ClN3O. The van der Waals surface area contributed by atoms with Crippen LogP contribution in [0.4, 0.5) is 11.4 Å². The number of primary amides is 1. The lowest BCUT2D eigenvalue weighted by Gasteiger charge is -2.32. The minimum atomic E-state index is -0.467. The highest BCUT2D eigenvalue weighted by Crippen LogP contribution is 2.30. The van der Waals surface area contributed by atoms with Crippen LogP contribution in [0.15, 0.2) is 36.4 Å². The first-order valence-electron chi connectivity index (χ1n) is 6.77. The third-order valence-corrected chi connectivity index (χ3v) is 4.10. The number of hydrogen-bond donors (Lipinski definition) is 2. The maximum Gasteiger partial charge on any atom is 0.250 e. The topological polar surface area (TPSA) is 72.4 Å². The molecule has 0 bridgehead atoms. The number of nitrogens with two attached hydrogens (primary N) is 2. The number of hydrogen-bond acceptors (Lipinski definition) is 3. The molecule has 0 saturated heterocycles. The van der Waals surface area contributed by atoms with Crippen LogP contribution in [0.25, 0.3) is 0 Å². The van der Waals surface area contributed by atoms with Gasteiger partial charge in [-0.1, -0.05) is 23.7 Å². The van der Waals surface area contributed by atoms with E-state index >= 15 is 0 Å². The van der Waals surface area contributed by atoms with Crippen molar-refractivity contribution < 1.29 is 4.79 Å². The fourth-order valence-electron chi connectivity index (χ4n) is 2.83. The molecular weight excluding hydrogens is 286 g/mol. The second-order valence-corrected chi connectivity index (χ2v) is 5.62. The fourth-order valence-corrected chi connectivity index (χ4v) is 3.00. The summed E-state index contributed by atoms with van der Waals surface area (Å²) in [5, 5.41) is 0.509. The van der Waals surface area contributed by atoms with Crippen molar-refractivity contribution in [2.24, 2.45) is 5.73 Å². The number of rotatable bonds is 2. The molecule has 21 heavy (non-hydrogen) atoms. The summed E-state index contributed by atoms with van der Waals surface area (Å²) in [5.74, 6) is -0.467. The summed E-state index contributed by atoms with van der Waals surface area (Å²) in [5.41, 5.74) is 16.0. The van der Waals surface area contributed by atoms with Gasteiger partial charge in [-0.2, -0.15) is 0 Å². The predicted molar refractivity (Wildman–Crippen MR) is 85.6 cm³/mol. The van der Waals surface area contributed by atoms with Gasteiger partial charge in [0.25, 0.3) is 5.91 Å². The highest BCUT2D eigenvalue weighted by molar-refractivity contribution is 6.31. The van der Waals surface area contributed by atoms with Gasteiger partial charge in [0.2, 0.25) is 0 Å². The normalized spacial score (nSPS) is 13.9. The first-order chi connectivity index (χ1) is 10.1. The van der Waals surface area contributed by atoms with Gasteiger partial charge >= 0.3 is 0 Å². The van der Waals surface area contributed by atoms with E-state index in [1.54, 1.807) is 12.1 Å². The average Bonchev–Trinajstić information content (AvgIpc) is 2.47. The van der Waals surface area contributed by atoms with E-state index in [-0.39, 0.29) is 0 Å². The van der Waals surface area contributed by atoms with Gasteiger partial charge in [0.1, 0.15) is 0 Å². The minimum Gasteiger partial charge on any atom is -0.398 e. The molecule has 0 aromatic heterocycles. The van der Waals surface area contributed by atoms with E-state index in [1.807, 2.05) is 18.2 Å². The molecule has 4 nitrogen and oxygen atoms in total. The van der Waals surface area contributed by atoms with E-state index < -0.39 is 5.91 Å². The second-order valence-electron chi connectivity index (χ2n) is 5.18. The molecule has 3 rings (SSSR count). The Bertz CT molecular complexity index is 715. The number of anilines is 2. The third-order valence-electron chi connectivity index (χ3n) is 3.87. The number of nitrogen functional groups attached to an aromatic ring is 1. The van der Waals surface area contributed by atoms with Crippen molar-refractivity contribution in [3.63, 3.8) is 0 Å². The van der Waals surface area contributed by atoms with E-state index in [0.29, 0.717) is 17.1 Å². The summed E-state index contributed by atoms with van der Waals surface area (Å²) in [6.07, 6.45) is 0.850. The van der Waals surface area contributed by atoms with E-state index in [0.717, 1.165) is 24.3 Å². The van der Waals surface area contributed by atoms with Crippen LogP contribution >= 0.6 is 11.6 Å². The van der Waals surface area contributed by atoms with Gasteiger partial charge in [-0.3, -0.25) is 4.79 Å². The largest absolute Gasteiger partial charge is 0.398 e. The zero-order valence-electron chi connectivity index (χ0n) is 11.5. The smallest absolute Gasteiger partial charge is 0.250 e. The summed E-state index contributed by atoms with van der Waals surface area (Å²) in [7, 11) is 0. The highest BCUT2D eigenvalue weighted by atomic mass is 35.5. The summed E-state index contributed by atoms with van der Waals surface area (Å²) in [6.45, 7) is 1.51. The molecule has 108 valence electrons. The molecule has 0 fully saturated rings. The number of amides is 1. The Balaban J connectivity index is 1.99. The van der Waals surface area contributed by atoms with Gasteiger partial charge in [-0.25, -0.2) is 0 Å². The van der Waals surface area contributed by atoms with Crippen molar-refractivity contribution in [1.29, 1.82) is 0 Å². The molecule has 0 atom stereocenters. The van der Waals surface area contributed by atoms with Crippen molar-refractivity contribution in [3.8, 4) is 0 Å². The van der Waals surface area contributed by atoms with Crippen molar-refractivity contribution in [1.82, 2.24) is 0 Å². The van der Waals surface area contributed by atoms with Crippen molar-refractivity contribution in [3.05, 3.63) is 58.1 Å². The Hall–Kier alpha value is -2.20. The van der Waals surface area contributed by atoms with E-state index in [1.165, 1.54) is 11.1 Å². The van der Waals surface area contributed by atoms with Crippen molar-refractivity contribution in [2.45, 2.75) is 13.0 Å². The second kappa shape index (κ2) is 5.30. The quantitative estimate of drug-likeness (QED) is 0.837. The van der Waals surface area contributed by atoms with Gasteiger partial charge in [0.05, 0.1) is 5.56 Å². The van der Waals surface area contributed by atoms with E-state index in [2.05, 4.69) is 11.0 Å². The molecule has 2 aromatic carbocycles. The number of carbonyl (C=O) groups excluding carboxylic acids is 1. The van der Waals surface area contributed by atoms with Crippen LogP contribution in [0.1, 0.15) is 21.5 Å². The molecule has 1 amide bonds. The van der Waals surface area contributed by atoms with Gasteiger partial charge in [0.15, 0.2) is 0 Å². The zero-order valence-corrected chi connectivity index (χ0v) is 12.2. The van der Waals surface area contributed by atoms with Crippen LogP contribution in [0.2, 0.25) is 5.02 Å². The highest BCUT2D eigenvalue weighted by Gasteiger charge is 2.21. The van der Waals surface area contributed by atoms with Gasteiger partial charge in [0, 0.05) is 29.5 Å². The summed E-state index contributed by atoms with van der Waals surface area (Å²) < 4.78 is 0. The average molecular weight is 302 g/mol. The molecule has 1 aliphatic rings. The maximum absolute atomic E-state index is 11.6. The van der Waals surface area contributed by atoms with Crippen LogP contribution in [0.3, 0.4) is 0 Å². The van der Waals surface area contributed by atoms with Crippen LogP contribution < -0.4 is 16.4 Å². The number of halogens is 1. The first kappa shape index (κ1) is 13.8. The van der Waals surface area contributed by atoms with E-state index in [4.69, 9.17) is 23.1 Å². The predicted octanol–water partition coefficient (Wildman–Crippen LogP) is 2.58. The lowest BCUT2D eigenvalue weighted by Crippen LogP contribution is -2.32. The zero-order chi connectivity index (χ0) is 15.0.